The predicted octanol–water partition coefficient (Wildman–Crippen LogP) is 3.32. The van der Waals surface area contributed by atoms with Gasteiger partial charge in [-0.05, 0) is 31.9 Å². The fourth-order valence-corrected chi connectivity index (χ4v) is 2.73. The molecular weight excluding hydrogens is 396 g/mol. The Kier molecular flexibility index (Phi) is 8.61. The number of ether oxygens (including phenoxy) is 2. The number of rotatable bonds is 8. The quantitative estimate of drug-likeness (QED) is 0.655. The Labute approximate surface area is 183 Å². The van der Waals surface area contributed by atoms with Crippen LogP contribution in [0.1, 0.15) is 31.9 Å². The van der Waals surface area contributed by atoms with E-state index in [-0.39, 0.29) is 19.6 Å². The Hall–Kier alpha value is -3.35. The summed E-state index contributed by atoms with van der Waals surface area (Å²) in [5.74, 6) is -1.02. The second kappa shape index (κ2) is 11.2. The van der Waals surface area contributed by atoms with E-state index in [1.807, 2.05) is 60.7 Å². The van der Waals surface area contributed by atoms with Gasteiger partial charge in [-0.2, -0.15) is 0 Å². The molecule has 0 aliphatic heterocycles. The SMILES string of the molecule is CN(CC(=O)N[C@@H](Cc1ccccc1)C(=O)OCc1ccccc1)C(=O)OC(C)(C)C. The van der Waals surface area contributed by atoms with Crippen molar-refractivity contribution in [2.45, 2.75) is 45.4 Å². The van der Waals surface area contributed by atoms with Gasteiger partial charge in [0.05, 0.1) is 0 Å². The smallest absolute Gasteiger partial charge is 0.410 e. The molecule has 0 radical (unpaired) electrons. The van der Waals surface area contributed by atoms with Crippen molar-refractivity contribution < 1.29 is 23.9 Å². The Morgan fingerprint density at radius 3 is 2.03 bits per heavy atom. The van der Waals surface area contributed by atoms with E-state index in [1.54, 1.807) is 20.8 Å². The first-order valence-corrected chi connectivity index (χ1v) is 10.1. The van der Waals surface area contributed by atoms with Crippen molar-refractivity contribution in [3.05, 3.63) is 71.8 Å². The number of hydrogen-bond donors (Lipinski definition) is 1. The maximum absolute atomic E-state index is 12.7. The summed E-state index contributed by atoms with van der Waals surface area (Å²) < 4.78 is 10.7. The van der Waals surface area contributed by atoms with E-state index in [0.29, 0.717) is 0 Å². The summed E-state index contributed by atoms with van der Waals surface area (Å²) in [6, 6.07) is 17.8. The zero-order valence-electron chi connectivity index (χ0n) is 18.5. The topological polar surface area (TPSA) is 84.9 Å². The summed E-state index contributed by atoms with van der Waals surface area (Å²) in [6.45, 7) is 5.11. The van der Waals surface area contributed by atoms with Gasteiger partial charge in [-0.3, -0.25) is 4.79 Å². The molecule has 7 heteroatoms. The fraction of sp³-hybridized carbons (Fsp3) is 0.375. The van der Waals surface area contributed by atoms with Crippen LogP contribution in [-0.4, -0.2) is 48.1 Å². The number of carbonyl (C=O) groups excluding carboxylic acids is 3. The van der Waals surface area contributed by atoms with Gasteiger partial charge >= 0.3 is 12.1 Å². The summed E-state index contributed by atoms with van der Waals surface area (Å²) in [7, 11) is 1.47. The zero-order chi connectivity index (χ0) is 22.9. The summed E-state index contributed by atoms with van der Waals surface area (Å²) in [5, 5.41) is 2.69. The largest absolute Gasteiger partial charge is 0.459 e. The lowest BCUT2D eigenvalue weighted by Crippen LogP contribution is -2.48. The zero-order valence-corrected chi connectivity index (χ0v) is 18.5. The van der Waals surface area contributed by atoms with Crippen molar-refractivity contribution in [3.8, 4) is 0 Å². The van der Waals surface area contributed by atoms with Crippen LogP contribution in [0.4, 0.5) is 4.79 Å². The van der Waals surface area contributed by atoms with E-state index in [0.717, 1.165) is 16.0 Å². The van der Waals surface area contributed by atoms with Crippen molar-refractivity contribution in [2.24, 2.45) is 0 Å². The standard InChI is InChI=1S/C24H30N2O5/c1-24(2,3)31-23(29)26(4)16-21(27)25-20(15-18-11-7-5-8-12-18)22(28)30-17-19-13-9-6-10-14-19/h5-14,20H,15-17H2,1-4H3,(H,25,27)/t20-/m0/s1. The number of nitrogens with zero attached hydrogens (tertiary/aromatic N) is 1. The monoisotopic (exact) mass is 426 g/mol. The molecule has 0 spiro atoms. The predicted molar refractivity (Wildman–Crippen MR) is 117 cm³/mol. The lowest BCUT2D eigenvalue weighted by molar-refractivity contribution is -0.149. The van der Waals surface area contributed by atoms with Crippen molar-refractivity contribution >= 4 is 18.0 Å². The highest BCUT2D eigenvalue weighted by atomic mass is 16.6. The highest BCUT2D eigenvalue weighted by molar-refractivity contribution is 5.87. The summed E-state index contributed by atoms with van der Waals surface area (Å²) >= 11 is 0. The Morgan fingerprint density at radius 2 is 1.48 bits per heavy atom. The number of carbonyl (C=O) groups is 3. The van der Waals surface area contributed by atoms with E-state index >= 15 is 0 Å². The molecule has 2 amide bonds. The van der Waals surface area contributed by atoms with Gasteiger partial charge in [0.1, 0.15) is 24.8 Å². The number of benzene rings is 2. The van der Waals surface area contributed by atoms with Gasteiger partial charge in [-0.25, -0.2) is 9.59 Å². The van der Waals surface area contributed by atoms with Crippen LogP contribution in [0.15, 0.2) is 60.7 Å². The molecule has 0 bridgehead atoms. The Morgan fingerprint density at radius 1 is 0.935 bits per heavy atom. The molecule has 2 aromatic rings. The molecule has 1 N–H and O–H groups in total. The molecule has 31 heavy (non-hydrogen) atoms. The van der Waals surface area contributed by atoms with E-state index in [1.165, 1.54) is 7.05 Å². The average Bonchev–Trinajstić information content (AvgIpc) is 2.71. The molecule has 0 heterocycles. The minimum atomic E-state index is -0.884. The molecular formula is C24H30N2O5. The van der Waals surface area contributed by atoms with E-state index < -0.39 is 29.6 Å². The van der Waals surface area contributed by atoms with Crippen LogP contribution in [0.5, 0.6) is 0 Å². The molecule has 7 nitrogen and oxygen atoms in total. The van der Waals surface area contributed by atoms with Gasteiger partial charge in [0, 0.05) is 13.5 Å². The van der Waals surface area contributed by atoms with Crippen LogP contribution in [0.2, 0.25) is 0 Å². The van der Waals surface area contributed by atoms with Crippen LogP contribution in [0.25, 0.3) is 0 Å². The highest BCUT2D eigenvalue weighted by Crippen LogP contribution is 2.10. The highest BCUT2D eigenvalue weighted by Gasteiger charge is 2.26. The number of esters is 1. The van der Waals surface area contributed by atoms with Gasteiger partial charge in [-0.1, -0.05) is 60.7 Å². The van der Waals surface area contributed by atoms with Gasteiger partial charge < -0.3 is 19.7 Å². The molecule has 0 saturated heterocycles. The third-order valence-corrected chi connectivity index (χ3v) is 4.21. The molecule has 0 aromatic heterocycles. The second-order valence-electron chi connectivity index (χ2n) is 8.24. The van der Waals surface area contributed by atoms with Crippen LogP contribution in [0.3, 0.4) is 0 Å². The lowest BCUT2D eigenvalue weighted by atomic mass is 10.1. The van der Waals surface area contributed by atoms with Gasteiger partial charge in [0.15, 0.2) is 0 Å². The first kappa shape index (κ1) is 23.9. The van der Waals surface area contributed by atoms with Crippen molar-refractivity contribution in [2.75, 3.05) is 13.6 Å². The molecule has 1 atom stereocenters. The minimum Gasteiger partial charge on any atom is -0.459 e. The lowest BCUT2D eigenvalue weighted by Gasteiger charge is -2.25. The van der Waals surface area contributed by atoms with Gasteiger partial charge in [-0.15, -0.1) is 0 Å². The van der Waals surface area contributed by atoms with Gasteiger partial charge in [0.2, 0.25) is 5.91 Å². The van der Waals surface area contributed by atoms with Crippen molar-refractivity contribution in [3.63, 3.8) is 0 Å². The number of likely N-dealkylation sites (N-methyl/N-ethyl adjacent to an activating group) is 1. The maximum atomic E-state index is 12.7. The minimum absolute atomic E-state index is 0.110. The van der Waals surface area contributed by atoms with E-state index in [9.17, 15) is 14.4 Å². The number of hydrogen-bond acceptors (Lipinski definition) is 5. The van der Waals surface area contributed by atoms with Crippen LogP contribution >= 0.6 is 0 Å². The molecule has 0 aliphatic rings. The number of nitrogens with one attached hydrogen (secondary N) is 1. The maximum Gasteiger partial charge on any atom is 0.410 e. The van der Waals surface area contributed by atoms with Crippen LogP contribution in [-0.2, 0) is 32.1 Å². The van der Waals surface area contributed by atoms with E-state index in [4.69, 9.17) is 9.47 Å². The first-order chi connectivity index (χ1) is 14.6. The molecule has 2 aromatic carbocycles. The van der Waals surface area contributed by atoms with Gasteiger partial charge in [0.25, 0.3) is 0 Å². The third-order valence-electron chi connectivity index (χ3n) is 4.21. The Bertz CT molecular complexity index is 863. The third kappa shape index (κ3) is 8.90. The molecule has 0 aliphatic carbocycles. The number of amides is 2. The summed E-state index contributed by atoms with van der Waals surface area (Å²) in [5.41, 5.74) is 1.06. The molecule has 166 valence electrons. The Balaban J connectivity index is 2.01. The fourth-order valence-electron chi connectivity index (χ4n) is 2.73. The molecule has 0 saturated carbocycles. The average molecular weight is 427 g/mol. The van der Waals surface area contributed by atoms with Crippen LogP contribution in [0, 0.1) is 0 Å². The molecule has 2 rings (SSSR count). The van der Waals surface area contributed by atoms with Crippen molar-refractivity contribution in [1.82, 2.24) is 10.2 Å². The molecule has 0 fully saturated rings. The van der Waals surface area contributed by atoms with E-state index in [2.05, 4.69) is 5.32 Å². The summed E-state index contributed by atoms with van der Waals surface area (Å²) in [4.78, 5) is 38.5. The van der Waals surface area contributed by atoms with Crippen molar-refractivity contribution in [1.29, 1.82) is 0 Å². The summed E-state index contributed by atoms with van der Waals surface area (Å²) in [6.07, 6.45) is -0.343. The second-order valence-corrected chi connectivity index (χ2v) is 8.24. The first-order valence-electron chi connectivity index (χ1n) is 10.1. The molecule has 0 unspecified atom stereocenters. The normalized spacial score (nSPS) is 11.9. The van der Waals surface area contributed by atoms with Crippen LogP contribution < -0.4 is 5.32 Å².